The number of azide groups is 1. The van der Waals surface area contributed by atoms with Crippen molar-refractivity contribution in [2.75, 3.05) is 0 Å². The second-order valence-electron chi connectivity index (χ2n) is 3.05. The third kappa shape index (κ3) is 2.51. The highest BCUT2D eigenvalue weighted by Crippen LogP contribution is 2.30. The molecule has 0 radical (unpaired) electrons. The molecule has 0 atom stereocenters. The summed E-state index contributed by atoms with van der Waals surface area (Å²) in [6.45, 7) is -0.0196. The number of rotatable bonds is 3. The normalized spacial score (nSPS) is 9.83. The van der Waals surface area contributed by atoms with Crippen LogP contribution in [0.4, 0.5) is 23.2 Å². The smallest absolute Gasteiger partial charge is 0.302 e. The highest BCUT2D eigenvalue weighted by atomic mass is 19.2. The molecule has 96 valence electrons. The lowest BCUT2D eigenvalue weighted by molar-refractivity contribution is -0.142. The molecule has 0 spiro atoms. The lowest BCUT2D eigenvalue weighted by Crippen LogP contribution is -2.07. The summed E-state index contributed by atoms with van der Waals surface area (Å²) in [7, 11) is 0. The summed E-state index contributed by atoms with van der Waals surface area (Å²) in [4.78, 5) is 12.5. The molecule has 0 bridgehead atoms. The van der Waals surface area contributed by atoms with Crippen LogP contribution in [0, 0.1) is 23.3 Å². The second kappa shape index (κ2) is 5.37. The molecule has 0 saturated carbocycles. The van der Waals surface area contributed by atoms with Crippen molar-refractivity contribution in [2.45, 2.75) is 13.5 Å². The molecular weight excluding hydrogens is 258 g/mol. The van der Waals surface area contributed by atoms with E-state index in [9.17, 15) is 22.4 Å². The Hall–Kier alpha value is -2.28. The van der Waals surface area contributed by atoms with Crippen LogP contribution in [0.5, 0.6) is 0 Å². The third-order valence-electron chi connectivity index (χ3n) is 1.90. The average Bonchev–Trinajstić information content (AvgIpc) is 2.32. The van der Waals surface area contributed by atoms with E-state index in [0.29, 0.717) is 0 Å². The van der Waals surface area contributed by atoms with Gasteiger partial charge >= 0.3 is 5.97 Å². The van der Waals surface area contributed by atoms with Crippen molar-refractivity contribution in [3.8, 4) is 0 Å². The largest absolute Gasteiger partial charge is 0.461 e. The first-order valence-corrected chi connectivity index (χ1v) is 4.43. The van der Waals surface area contributed by atoms with Gasteiger partial charge in [-0.25, -0.2) is 17.6 Å². The molecule has 0 amide bonds. The number of esters is 1. The van der Waals surface area contributed by atoms with Gasteiger partial charge in [-0.2, -0.15) is 0 Å². The molecule has 0 aliphatic heterocycles. The van der Waals surface area contributed by atoms with E-state index in [1.165, 1.54) is 0 Å². The van der Waals surface area contributed by atoms with Gasteiger partial charge in [0.25, 0.3) is 0 Å². The van der Waals surface area contributed by atoms with Gasteiger partial charge in [-0.05, 0) is 5.53 Å². The Morgan fingerprint density at radius 1 is 1.22 bits per heavy atom. The average molecular weight is 263 g/mol. The maximum absolute atomic E-state index is 13.3. The molecule has 18 heavy (non-hydrogen) atoms. The van der Waals surface area contributed by atoms with Crippen molar-refractivity contribution in [1.82, 2.24) is 0 Å². The number of hydrogen-bond acceptors (Lipinski definition) is 3. The predicted molar refractivity (Wildman–Crippen MR) is 50.6 cm³/mol. The summed E-state index contributed by atoms with van der Waals surface area (Å²) in [6.07, 6.45) is 0. The zero-order chi connectivity index (χ0) is 13.9. The van der Waals surface area contributed by atoms with E-state index in [1.54, 1.807) is 0 Å². The number of halogens is 4. The quantitative estimate of drug-likeness (QED) is 0.209. The first kappa shape index (κ1) is 13.8. The van der Waals surface area contributed by atoms with Crippen molar-refractivity contribution in [3.63, 3.8) is 0 Å². The van der Waals surface area contributed by atoms with Crippen molar-refractivity contribution in [3.05, 3.63) is 39.3 Å². The predicted octanol–water partition coefficient (Wildman–Crippen LogP) is 3.25. The highest BCUT2D eigenvalue weighted by Gasteiger charge is 2.25. The zero-order valence-electron chi connectivity index (χ0n) is 8.88. The van der Waals surface area contributed by atoms with Crippen molar-refractivity contribution in [1.29, 1.82) is 0 Å². The summed E-state index contributed by atoms with van der Waals surface area (Å²) in [6, 6.07) is 0. The number of carbonyl (C=O) groups excluding carboxylic acids is 1. The minimum atomic E-state index is -1.85. The van der Waals surface area contributed by atoms with Crippen LogP contribution in [0.3, 0.4) is 0 Å². The molecule has 5 nitrogen and oxygen atoms in total. The number of carbonyl (C=O) groups is 1. The highest BCUT2D eigenvalue weighted by molar-refractivity contribution is 5.66. The van der Waals surface area contributed by atoms with Crippen LogP contribution >= 0.6 is 0 Å². The zero-order valence-corrected chi connectivity index (χ0v) is 8.88. The molecule has 0 saturated heterocycles. The molecule has 9 heteroatoms. The van der Waals surface area contributed by atoms with Crippen molar-refractivity contribution < 1.29 is 27.1 Å². The Morgan fingerprint density at radius 2 is 1.72 bits per heavy atom. The Morgan fingerprint density at radius 3 is 2.11 bits per heavy atom. The van der Waals surface area contributed by atoms with Gasteiger partial charge in [0, 0.05) is 11.8 Å². The van der Waals surface area contributed by atoms with Gasteiger partial charge in [0.15, 0.2) is 23.3 Å². The monoisotopic (exact) mass is 263 g/mol. The minimum Gasteiger partial charge on any atom is -0.461 e. The Balaban J connectivity index is 3.38. The van der Waals surface area contributed by atoms with Gasteiger partial charge in [-0.3, -0.25) is 4.79 Å². The molecule has 0 aliphatic rings. The van der Waals surface area contributed by atoms with E-state index in [1.807, 2.05) is 4.91 Å². The molecule has 0 fully saturated rings. The van der Waals surface area contributed by atoms with Crippen molar-refractivity contribution in [2.24, 2.45) is 5.11 Å². The molecule has 1 aromatic carbocycles. The van der Waals surface area contributed by atoms with E-state index < -0.39 is 47.1 Å². The van der Waals surface area contributed by atoms with Gasteiger partial charge in [0.1, 0.15) is 12.3 Å². The molecule has 0 N–H and O–H groups in total. The SMILES string of the molecule is CC(=O)OCc1c(F)c(F)c(N=[N+]=[N-])c(F)c1F. The lowest BCUT2D eigenvalue weighted by atomic mass is 10.1. The van der Waals surface area contributed by atoms with Crippen LogP contribution in [0.25, 0.3) is 10.4 Å². The van der Waals surface area contributed by atoms with Gasteiger partial charge in [0.2, 0.25) is 0 Å². The number of ether oxygens (including phenoxy) is 1. The molecule has 0 heterocycles. The first-order chi connectivity index (χ1) is 8.40. The molecule has 1 aromatic rings. The Kier molecular flexibility index (Phi) is 4.11. The Labute approximate surface area is 97.6 Å². The van der Waals surface area contributed by atoms with Crippen LogP contribution < -0.4 is 0 Å². The van der Waals surface area contributed by atoms with Gasteiger partial charge in [-0.15, -0.1) is 0 Å². The van der Waals surface area contributed by atoms with E-state index >= 15 is 0 Å². The van der Waals surface area contributed by atoms with Gasteiger partial charge in [-0.1, -0.05) is 5.11 Å². The maximum Gasteiger partial charge on any atom is 0.302 e. The fraction of sp³-hybridized carbons (Fsp3) is 0.222. The minimum absolute atomic E-state index is 0.881. The summed E-state index contributed by atoms with van der Waals surface area (Å²) >= 11 is 0. The van der Waals surface area contributed by atoms with Crippen LogP contribution in [-0.2, 0) is 16.1 Å². The topological polar surface area (TPSA) is 75.1 Å². The molecule has 0 unspecified atom stereocenters. The van der Waals surface area contributed by atoms with Gasteiger partial charge < -0.3 is 4.74 Å². The van der Waals surface area contributed by atoms with E-state index in [2.05, 4.69) is 9.85 Å². The third-order valence-corrected chi connectivity index (χ3v) is 1.90. The molecule has 0 aromatic heterocycles. The van der Waals surface area contributed by atoms with E-state index in [0.717, 1.165) is 6.92 Å². The second-order valence-corrected chi connectivity index (χ2v) is 3.05. The fourth-order valence-electron chi connectivity index (χ4n) is 1.10. The fourth-order valence-corrected chi connectivity index (χ4v) is 1.10. The first-order valence-electron chi connectivity index (χ1n) is 4.43. The number of nitrogens with zero attached hydrogens (tertiary/aromatic N) is 3. The lowest BCUT2D eigenvalue weighted by Gasteiger charge is -2.09. The summed E-state index contributed by atoms with van der Waals surface area (Å²) < 4.78 is 57.3. The van der Waals surface area contributed by atoms with E-state index in [-0.39, 0.29) is 0 Å². The van der Waals surface area contributed by atoms with Crippen molar-refractivity contribution >= 4 is 11.7 Å². The van der Waals surface area contributed by atoms with Crippen LogP contribution in [0.2, 0.25) is 0 Å². The maximum atomic E-state index is 13.3. The Bertz CT molecular complexity index is 526. The molecule has 1 rings (SSSR count). The van der Waals surface area contributed by atoms with Crippen LogP contribution in [-0.4, -0.2) is 5.97 Å². The van der Waals surface area contributed by atoms with Gasteiger partial charge in [0.05, 0.1) is 5.56 Å². The van der Waals surface area contributed by atoms with Crippen LogP contribution in [0.15, 0.2) is 5.11 Å². The summed E-state index contributed by atoms with van der Waals surface area (Å²) in [5.74, 6) is -8.15. The number of hydrogen-bond donors (Lipinski definition) is 0. The summed E-state index contributed by atoms with van der Waals surface area (Å²) in [5, 5.41) is 2.51. The molecular formula is C9H5F4N3O2. The van der Waals surface area contributed by atoms with Crippen LogP contribution in [0.1, 0.15) is 12.5 Å². The number of benzene rings is 1. The van der Waals surface area contributed by atoms with E-state index in [4.69, 9.17) is 5.53 Å². The molecule has 0 aliphatic carbocycles. The summed E-state index contributed by atoms with van der Waals surface area (Å²) in [5.41, 5.74) is 5.49. The standard InChI is InChI=1S/C9H5F4N3O2/c1-3(17)18-2-4-5(10)7(12)9(15-16-14)8(13)6(4)11/h2H2,1H3.